The van der Waals surface area contributed by atoms with Crippen LogP contribution < -0.4 is 0 Å². The lowest BCUT2D eigenvalue weighted by Gasteiger charge is -2.30. The van der Waals surface area contributed by atoms with E-state index in [9.17, 15) is 9.59 Å². The molecule has 2 saturated heterocycles. The number of amides is 2. The van der Waals surface area contributed by atoms with E-state index in [-0.39, 0.29) is 11.8 Å². The first kappa shape index (κ1) is 16.9. The average Bonchev–Trinajstić information content (AvgIpc) is 2.90. The lowest BCUT2D eigenvalue weighted by atomic mass is 9.98. The molecule has 2 aliphatic rings. The van der Waals surface area contributed by atoms with Crippen LogP contribution in [-0.4, -0.2) is 52.8 Å². The number of nitrogens with zero attached hydrogens (tertiary/aromatic N) is 3. The Labute approximate surface area is 144 Å². The zero-order valence-electron chi connectivity index (χ0n) is 14.5. The second kappa shape index (κ2) is 7.77. The molecule has 0 saturated carbocycles. The van der Waals surface area contributed by atoms with E-state index in [1.54, 1.807) is 18.3 Å². The lowest BCUT2D eigenvalue weighted by Crippen LogP contribution is -2.38. The van der Waals surface area contributed by atoms with Gasteiger partial charge < -0.3 is 9.80 Å². The van der Waals surface area contributed by atoms with Gasteiger partial charge in [-0.1, -0.05) is 19.8 Å². The standard InChI is InChI=1S/C19H27N3O2/c1-15-7-12-22(13-8-15)18(23)16-6-9-20-17(14-16)19(24)21-10-4-2-3-5-11-21/h6,9,14-15H,2-5,7-8,10-13H2,1H3. The van der Waals surface area contributed by atoms with Gasteiger partial charge >= 0.3 is 0 Å². The van der Waals surface area contributed by atoms with Crippen molar-refractivity contribution in [3.05, 3.63) is 29.6 Å². The molecule has 2 amide bonds. The molecular formula is C19H27N3O2. The fourth-order valence-electron chi connectivity index (χ4n) is 3.51. The first-order valence-corrected chi connectivity index (χ1v) is 9.20. The number of rotatable bonds is 2. The number of carbonyl (C=O) groups excluding carboxylic acids is 2. The largest absolute Gasteiger partial charge is 0.339 e. The van der Waals surface area contributed by atoms with Crippen molar-refractivity contribution in [3.8, 4) is 0 Å². The van der Waals surface area contributed by atoms with Crippen molar-refractivity contribution in [1.29, 1.82) is 0 Å². The fraction of sp³-hybridized carbons (Fsp3) is 0.632. The quantitative estimate of drug-likeness (QED) is 0.838. The molecule has 0 bridgehead atoms. The molecule has 0 N–H and O–H groups in total. The van der Waals surface area contributed by atoms with E-state index in [0.29, 0.717) is 17.2 Å². The van der Waals surface area contributed by atoms with Gasteiger partial charge in [-0.05, 0) is 43.7 Å². The molecular weight excluding hydrogens is 302 g/mol. The smallest absolute Gasteiger partial charge is 0.272 e. The van der Waals surface area contributed by atoms with Gasteiger partial charge in [0.1, 0.15) is 5.69 Å². The molecule has 0 spiro atoms. The second-order valence-electron chi connectivity index (χ2n) is 7.11. The summed E-state index contributed by atoms with van der Waals surface area (Å²) in [7, 11) is 0. The summed E-state index contributed by atoms with van der Waals surface area (Å²) in [5, 5.41) is 0. The minimum absolute atomic E-state index is 0.0224. The molecule has 3 rings (SSSR count). The Balaban J connectivity index is 1.71. The van der Waals surface area contributed by atoms with Crippen molar-refractivity contribution in [2.75, 3.05) is 26.2 Å². The predicted molar refractivity (Wildman–Crippen MR) is 92.9 cm³/mol. The van der Waals surface area contributed by atoms with Crippen molar-refractivity contribution in [1.82, 2.24) is 14.8 Å². The normalized spacial score (nSPS) is 19.9. The van der Waals surface area contributed by atoms with Gasteiger partial charge in [-0.15, -0.1) is 0 Å². The van der Waals surface area contributed by atoms with E-state index in [0.717, 1.165) is 51.9 Å². The van der Waals surface area contributed by atoms with Gasteiger partial charge in [0.05, 0.1) is 0 Å². The molecule has 0 atom stereocenters. The Morgan fingerprint density at radius 2 is 1.58 bits per heavy atom. The topological polar surface area (TPSA) is 53.5 Å². The highest BCUT2D eigenvalue weighted by Crippen LogP contribution is 2.19. The Morgan fingerprint density at radius 1 is 0.958 bits per heavy atom. The summed E-state index contributed by atoms with van der Waals surface area (Å²) in [4.78, 5) is 33.4. The summed E-state index contributed by atoms with van der Waals surface area (Å²) < 4.78 is 0. The summed E-state index contributed by atoms with van der Waals surface area (Å²) in [5.74, 6) is 0.666. The highest BCUT2D eigenvalue weighted by atomic mass is 16.2. The van der Waals surface area contributed by atoms with Gasteiger partial charge in [-0.25, -0.2) is 0 Å². The molecule has 2 fully saturated rings. The zero-order chi connectivity index (χ0) is 16.9. The molecule has 24 heavy (non-hydrogen) atoms. The maximum atomic E-state index is 12.7. The third kappa shape index (κ3) is 3.94. The highest BCUT2D eigenvalue weighted by molar-refractivity contribution is 5.98. The van der Waals surface area contributed by atoms with E-state index in [4.69, 9.17) is 0 Å². The predicted octanol–water partition coefficient (Wildman–Crippen LogP) is 2.97. The molecule has 1 aromatic rings. The number of carbonyl (C=O) groups is 2. The van der Waals surface area contributed by atoms with E-state index in [1.165, 1.54) is 12.8 Å². The first-order chi connectivity index (χ1) is 11.6. The van der Waals surface area contributed by atoms with Gasteiger partial charge in [0, 0.05) is 37.9 Å². The number of hydrogen-bond donors (Lipinski definition) is 0. The van der Waals surface area contributed by atoms with Crippen LogP contribution in [0.1, 0.15) is 66.3 Å². The summed E-state index contributed by atoms with van der Waals surface area (Å²) in [6.07, 6.45) is 8.16. The maximum absolute atomic E-state index is 12.7. The zero-order valence-corrected chi connectivity index (χ0v) is 14.5. The molecule has 0 unspecified atom stereocenters. The third-order valence-electron chi connectivity index (χ3n) is 5.19. The van der Waals surface area contributed by atoms with Crippen LogP contribution in [0.3, 0.4) is 0 Å². The molecule has 130 valence electrons. The van der Waals surface area contributed by atoms with Crippen LogP contribution in [0.5, 0.6) is 0 Å². The van der Waals surface area contributed by atoms with Crippen LogP contribution in [0, 0.1) is 5.92 Å². The molecule has 5 heteroatoms. The SMILES string of the molecule is CC1CCN(C(=O)c2ccnc(C(=O)N3CCCCCC3)c2)CC1. The molecule has 5 nitrogen and oxygen atoms in total. The van der Waals surface area contributed by atoms with Crippen LogP contribution in [0.4, 0.5) is 0 Å². The van der Waals surface area contributed by atoms with Crippen LogP contribution in [-0.2, 0) is 0 Å². The summed E-state index contributed by atoms with van der Waals surface area (Å²) in [6.45, 7) is 5.42. The molecule has 0 aliphatic carbocycles. The van der Waals surface area contributed by atoms with Crippen LogP contribution in [0.25, 0.3) is 0 Å². The molecule has 2 aliphatic heterocycles. The molecule has 1 aromatic heterocycles. The van der Waals surface area contributed by atoms with Crippen molar-refractivity contribution in [2.45, 2.75) is 45.4 Å². The monoisotopic (exact) mass is 329 g/mol. The van der Waals surface area contributed by atoms with Crippen LogP contribution in [0.15, 0.2) is 18.3 Å². The fourth-order valence-corrected chi connectivity index (χ4v) is 3.51. The Bertz CT molecular complexity index is 586. The minimum Gasteiger partial charge on any atom is -0.339 e. The van der Waals surface area contributed by atoms with Crippen molar-refractivity contribution < 1.29 is 9.59 Å². The molecule has 3 heterocycles. The van der Waals surface area contributed by atoms with E-state index in [2.05, 4.69) is 11.9 Å². The Hall–Kier alpha value is -1.91. The Morgan fingerprint density at radius 3 is 2.25 bits per heavy atom. The third-order valence-corrected chi connectivity index (χ3v) is 5.19. The average molecular weight is 329 g/mol. The number of likely N-dealkylation sites (tertiary alicyclic amines) is 2. The van der Waals surface area contributed by atoms with Crippen molar-refractivity contribution in [2.24, 2.45) is 5.92 Å². The summed E-state index contributed by atoms with van der Waals surface area (Å²) >= 11 is 0. The summed E-state index contributed by atoms with van der Waals surface area (Å²) in [5.41, 5.74) is 0.978. The van der Waals surface area contributed by atoms with Crippen molar-refractivity contribution >= 4 is 11.8 Å². The number of aromatic nitrogens is 1. The van der Waals surface area contributed by atoms with Gasteiger partial charge in [0.2, 0.25) is 0 Å². The van der Waals surface area contributed by atoms with E-state index in [1.807, 2.05) is 9.80 Å². The molecule has 0 radical (unpaired) electrons. The first-order valence-electron chi connectivity index (χ1n) is 9.20. The number of piperidine rings is 1. The Kier molecular flexibility index (Phi) is 5.48. The highest BCUT2D eigenvalue weighted by Gasteiger charge is 2.23. The molecule has 0 aromatic carbocycles. The van der Waals surface area contributed by atoms with Gasteiger partial charge in [0.15, 0.2) is 0 Å². The van der Waals surface area contributed by atoms with Crippen LogP contribution in [0.2, 0.25) is 0 Å². The van der Waals surface area contributed by atoms with Crippen LogP contribution >= 0.6 is 0 Å². The van der Waals surface area contributed by atoms with Gasteiger partial charge in [-0.2, -0.15) is 0 Å². The van der Waals surface area contributed by atoms with Crippen molar-refractivity contribution in [3.63, 3.8) is 0 Å². The maximum Gasteiger partial charge on any atom is 0.272 e. The van der Waals surface area contributed by atoms with E-state index >= 15 is 0 Å². The number of pyridine rings is 1. The second-order valence-corrected chi connectivity index (χ2v) is 7.11. The van der Waals surface area contributed by atoms with E-state index < -0.39 is 0 Å². The van der Waals surface area contributed by atoms with Gasteiger partial charge in [0.25, 0.3) is 11.8 Å². The minimum atomic E-state index is -0.0428. The van der Waals surface area contributed by atoms with Gasteiger partial charge in [-0.3, -0.25) is 14.6 Å². The lowest BCUT2D eigenvalue weighted by molar-refractivity contribution is 0.0697. The number of hydrogen-bond acceptors (Lipinski definition) is 3. The summed E-state index contributed by atoms with van der Waals surface area (Å²) in [6, 6.07) is 3.40.